The molecule has 0 aromatic heterocycles. The van der Waals surface area contributed by atoms with E-state index in [0.717, 1.165) is 10.6 Å². The quantitative estimate of drug-likeness (QED) is 0.772. The van der Waals surface area contributed by atoms with E-state index in [4.69, 9.17) is 9.47 Å². The molecule has 1 aliphatic rings. The molecule has 0 atom stereocenters. The number of nitrogens with one attached hydrogen (secondary N) is 1. The lowest BCUT2D eigenvalue weighted by Gasteiger charge is -2.25. The number of hydrogen-bond acceptors (Lipinski definition) is 5. The minimum Gasteiger partial charge on any atom is -0.462 e. The lowest BCUT2D eigenvalue weighted by molar-refractivity contribution is -0.108. The molecule has 0 fully saturated rings. The van der Waals surface area contributed by atoms with Crippen LogP contribution in [0.2, 0.25) is 0 Å². The molecule has 1 N–H and O–H groups in total. The molecule has 1 amide bonds. The Balaban J connectivity index is 2.12. The first kappa shape index (κ1) is 18.5. The van der Waals surface area contributed by atoms with Gasteiger partial charge in [-0.1, -0.05) is 24.8 Å². The van der Waals surface area contributed by atoms with E-state index >= 15 is 0 Å². The van der Waals surface area contributed by atoms with Gasteiger partial charge in [0.25, 0.3) is 0 Å². The molecule has 0 saturated carbocycles. The highest BCUT2D eigenvalue weighted by molar-refractivity contribution is 7.92. The van der Waals surface area contributed by atoms with E-state index in [1.54, 1.807) is 24.3 Å². The van der Waals surface area contributed by atoms with Crippen LogP contribution in [0.4, 0.5) is 5.69 Å². The van der Waals surface area contributed by atoms with Crippen molar-refractivity contribution in [2.75, 3.05) is 17.6 Å². The van der Waals surface area contributed by atoms with Gasteiger partial charge in [0.1, 0.15) is 17.8 Å². The zero-order valence-electron chi connectivity index (χ0n) is 14.8. The van der Waals surface area contributed by atoms with E-state index in [1.807, 2.05) is 18.2 Å². The van der Waals surface area contributed by atoms with E-state index in [-0.39, 0.29) is 0 Å². The Bertz CT molecular complexity index is 1030. The summed E-state index contributed by atoms with van der Waals surface area (Å²) in [5, 5.41) is 2.51. The topological polar surface area (TPSA) is 84.9 Å². The number of hydrogen-bond donors (Lipinski definition) is 1. The fourth-order valence-corrected chi connectivity index (χ4v) is 3.03. The second kappa shape index (κ2) is 7.16. The predicted molar refractivity (Wildman–Crippen MR) is 103 cm³/mol. The SMILES string of the molecule is C=C1C(NC=O)=COc2cc(N(C)S(C)(=O)=O)c(Oc3ccccc3)cc21. The number of amides is 1. The summed E-state index contributed by atoms with van der Waals surface area (Å²) >= 11 is 0. The number of nitrogens with zero attached hydrogens (tertiary/aromatic N) is 1. The fraction of sp³-hybridized carbons (Fsp3) is 0.105. The molecule has 1 heterocycles. The second-order valence-electron chi connectivity index (χ2n) is 5.85. The minimum absolute atomic E-state index is 0.310. The summed E-state index contributed by atoms with van der Waals surface area (Å²) in [7, 11) is -2.10. The number of rotatable bonds is 6. The Labute approximate surface area is 157 Å². The van der Waals surface area contributed by atoms with E-state index in [0.29, 0.717) is 46.2 Å². The van der Waals surface area contributed by atoms with Crippen LogP contribution in [-0.4, -0.2) is 28.1 Å². The van der Waals surface area contributed by atoms with Crippen molar-refractivity contribution in [3.8, 4) is 17.2 Å². The molecular weight excluding hydrogens is 368 g/mol. The molecule has 8 heteroatoms. The Morgan fingerprint density at radius 1 is 1.22 bits per heavy atom. The van der Waals surface area contributed by atoms with Crippen LogP contribution in [0.3, 0.4) is 0 Å². The molecule has 0 saturated heterocycles. The summed E-state index contributed by atoms with van der Waals surface area (Å²) in [6.45, 7) is 3.97. The molecule has 0 spiro atoms. The molecule has 140 valence electrons. The molecule has 7 nitrogen and oxygen atoms in total. The third-order valence-corrected chi connectivity index (χ3v) is 5.23. The number of sulfonamides is 1. The molecule has 0 bridgehead atoms. The summed E-state index contributed by atoms with van der Waals surface area (Å²) in [6.07, 6.45) is 2.98. The van der Waals surface area contributed by atoms with Gasteiger partial charge in [-0.05, 0) is 18.2 Å². The molecule has 2 aromatic carbocycles. The standard InChI is InChI=1S/C19H18N2O5S/c1-13-15-9-19(26-14-7-5-4-6-8-14)17(21(2)27(3,23)24)10-18(15)25-11-16(13)20-12-22/h4-12H,1H2,2-3H3,(H,20,22). The van der Waals surface area contributed by atoms with Crippen LogP contribution in [0.25, 0.3) is 5.57 Å². The number of allylic oxidation sites excluding steroid dienone is 1. The summed E-state index contributed by atoms with van der Waals surface area (Å²) in [5.74, 6) is 1.26. The minimum atomic E-state index is -3.53. The Kier molecular flexibility index (Phi) is 4.91. The maximum atomic E-state index is 12.1. The van der Waals surface area contributed by atoms with Crippen molar-refractivity contribution in [3.63, 3.8) is 0 Å². The first-order valence-corrected chi connectivity index (χ1v) is 9.77. The Morgan fingerprint density at radius 2 is 1.93 bits per heavy atom. The molecular formula is C19H18N2O5S. The van der Waals surface area contributed by atoms with E-state index in [1.165, 1.54) is 13.3 Å². The first-order chi connectivity index (χ1) is 12.8. The number of benzene rings is 2. The van der Waals surface area contributed by atoms with Gasteiger partial charge in [0, 0.05) is 24.3 Å². The average molecular weight is 386 g/mol. The normalized spacial score (nSPS) is 13.1. The van der Waals surface area contributed by atoms with Crippen LogP contribution >= 0.6 is 0 Å². The molecule has 0 aliphatic carbocycles. The Hall–Kier alpha value is -3.26. The molecule has 2 aromatic rings. The summed E-state index contributed by atoms with van der Waals surface area (Å²) in [4.78, 5) is 10.7. The number of fused-ring (bicyclic) bond motifs is 1. The molecule has 3 rings (SSSR count). The molecule has 27 heavy (non-hydrogen) atoms. The summed E-state index contributed by atoms with van der Waals surface area (Å²) in [5.41, 5.74) is 1.83. The van der Waals surface area contributed by atoms with Crippen molar-refractivity contribution in [2.45, 2.75) is 0 Å². The van der Waals surface area contributed by atoms with Gasteiger partial charge in [-0.15, -0.1) is 0 Å². The first-order valence-electron chi connectivity index (χ1n) is 7.93. The smallest absolute Gasteiger partial charge is 0.232 e. The lowest BCUT2D eigenvalue weighted by atomic mass is 10.0. The van der Waals surface area contributed by atoms with Crippen LogP contribution in [0.15, 0.2) is 61.0 Å². The third kappa shape index (κ3) is 3.80. The molecule has 1 aliphatic heterocycles. The van der Waals surface area contributed by atoms with Gasteiger partial charge in [-0.2, -0.15) is 0 Å². The van der Waals surface area contributed by atoms with Crippen LogP contribution in [0, 0.1) is 0 Å². The number of para-hydroxylation sites is 1. The van der Waals surface area contributed by atoms with Crippen molar-refractivity contribution >= 4 is 27.7 Å². The van der Waals surface area contributed by atoms with Gasteiger partial charge in [0.15, 0.2) is 5.75 Å². The lowest BCUT2D eigenvalue weighted by Crippen LogP contribution is -2.25. The highest BCUT2D eigenvalue weighted by Crippen LogP contribution is 2.43. The van der Waals surface area contributed by atoms with Gasteiger partial charge in [-0.3, -0.25) is 9.10 Å². The fourth-order valence-electron chi connectivity index (χ4n) is 2.53. The van der Waals surface area contributed by atoms with Crippen LogP contribution in [0.1, 0.15) is 5.56 Å². The predicted octanol–water partition coefficient (Wildman–Crippen LogP) is 2.87. The van der Waals surface area contributed by atoms with Crippen molar-refractivity contribution in [3.05, 3.63) is 66.6 Å². The zero-order valence-corrected chi connectivity index (χ0v) is 15.6. The van der Waals surface area contributed by atoms with Gasteiger partial charge < -0.3 is 14.8 Å². The summed E-state index contributed by atoms with van der Waals surface area (Å²) in [6, 6.07) is 12.2. The zero-order chi connectivity index (χ0) is 19.6. The van der Waals surface area contributed by atoms with Crippen molar-refractivity contribution < 1.29 is 22.7 Å². The van der Waals surface area contributed by atoms with Crippen molar-refractivity contribution in [2.24, 2.45) is 0 Å². The van der Waals surface area contributed by atoms with Gasteiger partial charge in [0.05, 0.1) is 17.6 Å². The Morgan fingerprint density at radius 3 is 2.56 bits per heavy atom. The largest absolute Gasteiger partial charge is 0.462 e. The van der Waals surface area contributed by atoms with E-state index < -0.39 is 10.0 Å². The number of carbonyl (C=O) groups excluding carboxylic acids is 1. The van der Waals surface area contributed by atoms with Gasteiger partial charge in [-0.25, -0.2) is 8.42 Å². The van der Waals surface area contributed by atoms with Crippen LogP contribution in [0.5, 0.6) is 17.2 Å². The molecule has 0 unspecified atom stereocenters. The number of carbonyl (C=O) groups is 1. The maximum Gasteiger partial charge on any atom is 0.232 e. The summed E-state index contributed by atoms with van der Waals surface area (Å²) < 4.78 is 36.7. The third-order valence-electron chi connectivity index (χ3n) is 4.04. The second-order valence-corrected chi connectivity index (χ2v) is 7.87. The highest BCUT2D eigenvalue weighted by Gasteiger charge is 2.24. The monoisotopic (exact) mass is 386 g/mol. The van der Waals surface area contributed by atoms with E-state index in [9.17, 15) is 13.2 Å². The number of ether oxygens (including phenoxy) is 2. The van der Waals surface area contributed by atoms with Crippen molar-refractivity contribution in [1.82, 2.24) is 5.32 Å². The van der Waals surface area contributed by atoms with Crippen molar-refractivity contribution in [1.29, 1.82) is 0 Å². The molecule has 0 radical (unpaired) electrons. The van der Waals surface area contributed by atoms with E-state index in [2.05, 4.69) is 11.9 Å². The van der Waals surface area contributed by atoms with Gasteiger partial charge in [0.2, 0.25) is 16.4 Å². The highest BCUT2D eigenvalue weighted by atomic mass is 32.2. The maximum absolute atomic E-state index is 12.1. The van der Waals surface area contributed by atoms with Crippen LogP contribution < -0.4 is 19.1 Å². The average Bonchev–Trinajstić information content (AvgIpc) is 2.64. The number of anilines is 1. The van der Waals surface area contributed by atoms with Crippen LogP contribution in [-0.2, 0) is 14.8 Å². The van der Waals surface area contributed by atoms with Gasteiger partial charge >= 0.3 is 0 Å².